The summed E-state index contributed by atoms with van der Waals surface area (Å²) in [6.45, 7) is 6.53. The molecule has 1 atom stereocenters. The minimum absolute atomic E-state index is 0.183. The second kappa shape index (κ2) is 4.42. The highest BCUT2D eigenvalue weighted by Crippen LogP contribution is 2.28. The molecule has 1 amide bonds. The average molecular weight is 280 g/mol. The summed E-state index contributed by atoms with van der Waals surface area (Å²) in [7, 11) is 0. The van der Waals surface area contributed by atoms with E-state index in [4.69, 9.17) is 0 Å². The number of hydrogen-bond donors (Lipinski definition) is 0. The van der Waals surface area contributed by atoms with Gasteiger partial charge in [0.25, 0.3) is 0 Å². The minimum Gasteiger partial charge on any atom is -0.312 e. The molecule has 1 aromatic rings. The van der Waals surface area contributed by atoms with E-state index in [1.807, 2.05) is 36.1 Å². The van der Waals surface area contributed by atoms with Crippen molar-refractivity contribution in [2.45, 2.75) is 13.3 Å². The zero-order valence-corrected chi connectivity index (χ0v) is 10.8. The third-order valence-corrected chi connectivity index (χ3v) is 3.28. The lowest BCUT2D eigenvalue weighted by molar-refractivity contribution is -0.117. The van der Waals surface area contributed by atoms with Crippen molar-refractivity contribution in [1.29, 1.82) is 0 Å². The van der Waals surface area contributed by atoms with E-state index in [1.54, 1.807) is 0 Å². The van der Waals surface area contributed by atoms with E-state index in [1.165, 1.54) is 0 Å². The van der Waals surface area contributed by atoms with Crippen molar-refractivity contribution in [1.82, 2.24) is 0 Å². The molecule has 1 unspecified atom stereocenters. The summed E-state index contributed by atoms with van der Waals surface area (Å²) in [4.78, 5) is 13.7. The average Bonchev–Trinajstić information content (AvgIpc) is 2.58. The molecular formula is C13H14BrNO. The molecule has 3 heteroatoms. The molecule has 0 N–H and O–H groups in total. The molecule has 1 saturated heterocycles. The quantitative estimate of drug-likeness (QED) is 0.761. The first-order chi connectivity index (χ1) is 7.60. The summed E-state index contributed by atoms with van der Waals surface area (Å²) in [6, 6.07) is 6.06. The number of halogens is 1. The third kappa shape index (κ3) is 2.19. The van der Waals surface area contributed by atoms with E-state index in [9.17, 15) is 4.79 Å². The first-order valence-electron chi connectivity index (χ1n) is 5.30. The van der Waals surface area contributed by atoms with Gasteiger partial charge in [-0.15, -0.1) is 6.58 Å². The van der Waals surface area contributed by atoms with Crippen LogP contribution in [0.15, 0.2) is 35.3 Å². The van der Waals surface area contributed by atoms with Crippen LogP contribution in [-0.2, 0) is 4.79 Å². The summed E-state index contributed by atoms with van der Waals surface area (Å²) in [6.07, 6.45) is 2.44. The van der Waals surface area contributed by atoms with Crippen LogP contribution in [0.2, 0.25) is 0 Å². The lowest BCUT2D eigenvalue weighted by Gasteiger charge is -2.17. The Morgan fingerprint density at radius 1 is 1.50 bits per heavy atom. The summed E-state index contributed by atoms with van der Waals surface area (Å²) in [5, 5.41) is 0. The molecule has 16 heavy (non-hydrogen) atoms. The highest BCUT2D eigenvalue weighted by atomic mass is 79.9. The van der Waals surface area contributed by atoms with Crippen LogP contribution in [0.1, 0.15) is 12.0 Å². The molecule has 0 aromatic heterocycles. The molecule has 1 aliphatic heterocycles. The molecule has 0 aliphatic carbocycles. The van der Waals surface area contributed by atoms with Gasteiger partial charge in [-0.2, -0.15) is 0 Å². The lowest BCUT2D eigenvalue weighted by atomic mass is 10.1. The predicted octanol–water partition coefficient (Wildman–Crippen LogP) is 3.30. The van der Waals surface area contributed by atoms with Crippen LogP contribution in [0.25, 0.3) is 0 Å². The largest absolute Gasteiger partial charge is 0.312 e. The Kier molecular flexibility index (Phi) is 3.15. The fraction of sp³-hybridized carbons (Fsp3) is 0.308. The van der Waals surface area contributed by atoms with Gasteiger partial charge < -0.3 is 4.90 Å². The number of amides is 1. The fourth-order valence-electron chi connectivity index (χ4n) is 2.02. The maximum atomic E-state index is 11.8. The molecule has 0 spiro atoms. The summed E-state index contributed by atoms with van der Waals surface area (Å²) in [5.41, 5.74) is 2.13. The second-order valence-electron chi connectivity index (χ2n) is 4.19. The van der Waals surface area contributed by atoms with Crippen molar-refractivity contribution < 1.29 is 4.79 Å². The normalized spacial score (nSPS) is 20.2. The van der Waals surface area contributed by atoms with Gasteiger partial charge in [-0.1, -0.05) is 22.0 Å². The lowest BCUT2D eigenvalue weighted by Crippen LogP contribution is -2.24. The van der Waals surface area contributed by atoms with E-state index in [-0.39, 0.29) is 11.8 Å². The number of anilines is 1. The Balaban J connectivity index is 2.30. The molecule has 0 radical (unpaired) electrons. The molecule has 2 nitrogen and oxygen atoms in total. The predicted molar refractivity (Wildman–Crippen MR) is 69.5 cm³/mol. The van der Waals surface area contributed by atoms with Gasteiger partial charge in [-0.3, -0.25) is 4.79 Å². The van der Waals surface area contributed by atoms with E-state index < -0.39 is 0 Å². The summed E-state index contributed by atoms with van der Waals surface area (Å²) >= 11 is 3.45. The van der Waals surface area contributed by atoms with Gasteiger partial charge in [0.15, 0.2) is 0 Å². The number of aryl methyl sites for hydroxylation is 1. The molecule has 1 aliphatic rings. The summed E-state index contributed by atoms with van der Waals surface area (Å²) < 4.78 is 1.01. The Hall–Kier alpha value is -1.09. The topological polar surface area (TPSA) is 20.3 Å². The highest BCUT2D eigenvalue weighted by Gasteiger charge is 2.28. The number of rotatable bonds is 2. The highest BCUT2D eigenvalue weighted by molar-refractivity contribution is 9.10. The molecule has 84 valence electrons. The first-order valence-corrected chi connectivity index (χ1v) is 6.09. The maximum Gasteiger partial charge on any atom is 0.227 e. The summed E-state index contributed by atoms with van der Waals surface area (Å²) in [5.74, 6) is 0.467. The van der Waals surface area contributed by atoms with Crippen molar-refractivity contribution >= 4 is 27.5 Å². The molecule has 2 rings (SSSR count). The van der Waals surface area contributed by atoms with Crippen LogP contribution in [0.3, 0.4) is 0 Å². The van der Waals surface area contributed by atoms with Gasteiger partial charge >= 0.3 is 0 Å². The Bertz CT molecular complexity index is 421. The number of nitrogens with zero attached hydrogens (tertiary/aromatic N) is 1. The molecule has 1 aromatic carbocycles. The van der Waals surface area contributed by atoms with Gasteiger partial charge in [0, 0.05) is 29.0 Å². The Morgan fingerprint density at radius 2 is 2.25 bits per heavy atom. The number of benzene rings is 1. The van der Waals surface area contributed by atoms with Crippen molar-refractivity contribution in [3.63, 3.8) is 0 Å². The molecule has 0 bridgehead atoms. The molecular weight excluding hydrogens is 266 g/mol. The van der Waals surface area contributed by atoms with E-state index >= 15 is 0 Å². The zero-order valence-electron chi connectivity index (χ0n) is 9.24. The number of hydrogen-bond acceptors (Lipinski definition) is 1. The van der Waals surface area contributed by atoms with Crippen molar-refractivity contribution in [3.05, 3.63) is 40.9 Å². The van der Waals surface area contributed by atoms with Crippen LogP contribution in [0.4, 0.5) is 5.69 Å². The SMILES string of the molecule is C=CC1CC(=O)N(c2cc(C)cc(Br)c2)C1. The zero-order chi connectivity index (χ0) is 11.7. The molecule has 1 heterocycles. The van der Waals surface area contributed by atoms with Gasteiger partial charge in [0.2, 0.25) is 5.91 Å². The number of carbonyl (C=O) groups excluding carboxylic acids is 1. The second-order valence-corrected chi connectivity index (χ2v) is 5.11. The van der Waals surface area contributed by atoms with Gasteiger partial charge in [0.05, 0.1) is 0 Å². The monoisotopic (exact) mass is 279 g/mol. The Morgan fingerprint density at radius 3 is 2.81 bits per heavy atom. The molecule has 1 fully saturated rings. The first kappa shape index (κ1) is 11.4. The van der Waals surface area contributed by atoms with Crippen LogP contribution < -0.4 is 4.90 Å². The van der Waals surface area contributed by atoms with Gasteiger partial charge in [0.1, 0.15) is 0 Å². The smallest absolute Gasteiger partial charge is 0.227 e. The van der Waals surface area contributed by atoms with Gasteiger partial charge in [-0.05, 0) is 30.7 Å². The minimum atomic E-state index is 0.183. The van der Waals surface area contributed by atoms with E-state index in [2.05, 4.69) is 22.5 Å². The number of carbonyl (C=O) groups is 1. The fourth-order valence-corrected chi connectivity index (χ4v) is 2.61. The van der Waals surface area contributed by atoms with Gasteiger partial charge in [-0.25, -0.2) is 0 Å². The van der Waals surface area contributed by atoms with E-state index in [0.717, 1.165) is 22.3 Å². The Labute approximate surface area is 104 Å². The standard InChI is InChI=1S/C13H14BrNO/c1-3-10-6-13(16)15(8-10)12-5-9(2)4-11(14)7-12/h3-5,7,10H,1,6,8H2,2H3. The van der Waals surface area contributed by atoms with Crippen LogP contribution in [0.5, 0.6) is 0 Å². The van der Waals surface area contributed by atoms with Crippen LogP contribution in [0, 0.1) is 12.8 Å². The third-order valence-electron chi connectivity index (χ3n) is 2.83. The maximum absolute atomic E-state index is 11.8. The van der Waals surface area contributed by atoms with Crippen molar-refractivity contribution in [3.8, 4) is 0 Å². The van der Waals surface area contributed by atoms with E-state index in [0.29, 0.717) is 6.42 Å². The van der Waals surface area contributed by atoms with Crippen molar-refractivity contribution in [2.75, 3.05) is 11.4 Å². The molecule has 0 saturated carbocycles. The van der Waals surface area contributed by atoms with Crippen LogP contribution >= 0.6 is 15.9 Å². The van der Waals surface area contributed by atoms with Crippen molar-refractivity contribution in [2.24, 2.45) is 5.92 Å². The van der Waals surface area contributed by atoms with Crippen LogP contribution in [-0.4, -0.2) is 12.5 Å².